The Hall–Kier alpha value is -3.44. The van der Waals surface area contributed by atoms with E-state index in [1.54, 1.807) is 0 Å². The fourth-order valence-corrected chi connectivity index (χ4v) is 4.20. The van der Waals surface area contributed by atoms with Gasteiger partial charge in [-0.2, -0.15) is 0 Å². The van der Waals surface area contributed by atoms with Gasteiger partial charge < -0.3 is 21.8 Å². The molecule has 2 aliphatic rings. The molecule has 0 spiro atoms. The first-order chi connectivity index (χ1) is 14.6. The van der Waals surface area contributed by atoms with Gasteiger partial charge in [0.15, 0.2) is 0 Å². The summed E-state index contributed by atoms with van der Waals surface area (Å²) in [5, 5.41) is 16.1. The molecule has 5 heteroatoms. The van der Waals surface area contributed by atoms with E-state index in [2.05, 4.69) is 52.5 Å². The van der Waals surface area contributed by atoms with Gasteiger partial charge in [0, 0.05) is 41.5 Å². The second kappa shape index (κ2) is 8.51. The van der Waals surface area contributed by atoms with E-state index < -0.39 is 0 Å². The number of rotatable bonds is 5. The number of benzene rings is 2. The minimum Gasteiger partial charge on any atom is -0.399 e. The van der Waals surface area contributed by atoms with Crippen molar-refractivity contribution in [3.63, 3.8) is 0 Å². The van der Waals surface area contributed by atoms with Gasteiger partial charge in [0.25, 0.3) is 0 Å². The molecule has 4 rings (SSSR count). The van der Waals surface area contributed by atoms with Crippen molar-refractivity contribution < 1.29 is 0 Å². The molecule has 0 aromatic heterocycles. The highest BCUT2D eigenvalue weighted by Crippen LogP contribution is 2.39. The Morgan fingerprint density at radius 3 is 2.80 bits per heavy atom. The normalized spacial score (nSPS) is 20.2. The molecule has 30 heavy (non-hydrogen) atoms. The van der Waals surface area contributed by atoms with Gasteiger partial charge in [0.05, 0.1) is 17.7 Å². The van der Waals surface area contributed by atoms with Gasteiger partial charge in [-0.25, -0.2) is 0 Å². The van der Waals surface area contributed by atoms with Gasteiger partial charge in [-0.3, -0.25) is 4.99 Å². The minimum atomic E-state index is -0.169. The van der Waals surface area contributed by atoms with Crippen molar-refractivity contribution in [3.8, 4) is 0 Å². The molecule has 2 aliphatic heterocycles. The first-order valence-corrected chi connectivity index (χ1v) is 10.1. The summed E-state index contributed by atoms with van der Waals surface area (Å²) < 4.78 is 0. The number of hydrogen-bond donors (Lipinski definition) is 4. The molecule has 0 saturated carbocycles. The van der Waals surface area contributed by atoms with Crippen LogP contribution in [-0.2, 0) is 6.54 Å². The Bertz CT molecular complexity index is 1060. The Labute approximate surface area is 177 Å². The lowest BCUT2D eigenvalue weighted by atomic mass is 9.76. The monoisotopic (exact) mass is 397 g/mol. The van der Waals surface area contributed by atoms with Crippen molar-refractivity contribution in [1.82, 2.24) is 5.32 Å². The molecule has 2 atom stereocenters. The van der Waals surface area contributed by atoms with Crippen LogP contribution in [0.15, 0.2) is 78.0 Å². The molecule has 0 radical (unpaired) electrons. The van der Waals surface area contributed by atoms with E-state index in [0.717, 1.165) is 40.9 Å². The topological polar surface area (TPSA) is 86.3 Å². The maximum atomic E-state index is 9.20. The molecule has 0 saturated heterocycles. The van der Waals surface area contributed by atoms with Crippen LogP contribution in [0.25, 0.3) is 5.70 Å². The smallest absolute Gasteiger partial charge is 0.0650 e. The SMILES string of the molecule is C=C(N)c1cccc2c1C(=N)C(c1ccc(CNC)cc1)C(C1=CCC=CN=C1)N2. The Morgan fingerprint density at radius 1 is 1.27 bits per heavy atom. The van der Waals surface area contributed by atoms with Gasteiger partial charge in [-0.1, -0.05) is 55.1 Å². The van der Waals surface area contributed by atoms with Crippen molar-refractivity contribution >= 4 is 23.3 Å². The first-order valence-electron chi connectivity index (χ1n) is 10.1. The molecule has 0 aliphatic carbocycles. The minimum absolute atomic E-state index is 0.0925. The maximum absolute atomic E-state index is 9.20. The van der Waals surface area contributed by atoms with Crippen molar-refractivity contribution in [2.24, 2.45) is 10.7 Å². The summed E-state index contributed by atoms with van der Waals surface area (Å²) in [6, 6.07) is 14.3. The summed E-state index contributed by atoms with van der Waals surface area (Å²) in [6.45, 7) is 4.74. The number of allylic oxidation sites excluding steroid dienone is 2. The number of nitrogens with zero attached hydrogens (tertiary/aromatic N) is 1. The first kappa shape index (κ1) is 19.9. The molecule has 5 nitrogen and oxygen atoms in total. The quantitative estimate of drug-likeness (QED) is 0.610. The van der Waals surface area contributed by atoms with Crippen molar-refractivity contribution in [2.75, 3.05) is 12.4 Å². The molecular formula is C25H27N5. The average Bonchev–Trinajstić information content (AvgIpc) is 3.03. The van der Waals surface area contributed by atoms with Crippen molar-refractivity contribution in [3.05, 3.63) is 95.2 Å². The second-order valence-corrected chi connectivity index (χ2v) is 7.64. The molecule has 2 unspecified atom stereocenters. The lowest BCUT2D eigenvalue weighted by molar-refractivity contribution is 0.760. The van der Waals surface area contributed by atoms with E-state index in [9.17, 15) is 5.41 Å². The summed E-state index contributed by atoms with van der Waals surface area (Å²) in [4.78, 5) is 4.39. The van der Waals surface area contributed by atoms with Crippen molar-refractivity contribution in [1.29, 1.82) is 5.41 Å². The second-order valence-electron chi connectivity index (χ2n) is 7.64. The van der Waals surface area contributed by atoms with Crippen molar-refractivity contribution in [2.45, 2.75) is 24.9 Å². The zero-order valence-corrected chi connectivity index (χ0v) is 17.2. The van der Waals surface area contributed by atoms with Crippen LogP contribution in [-0.4, -0.2) is 25.0 Å². The third-order valence-corrected chi connectivity index (χ3v) is 5.62. The van der Waals surface area contributed by atoms with Gasteiger partial charge >= 0.3 is 0 Å². The summed E-state index contributed by atoms with van der Waals surface area (Å²) in [5.74, 6) is -0.169. The molecular weight excluding hydrogens is 370 g/mol. The summed E-state index contributed by atoms with van der Waals surface area (Å²) >= 11 is 0. The Morgan fingerprint density at radius 2 is 2.07 bits per heavy atom. The van der Waals surface area contributed by atoms with E-state index in [-0.39, 0.29) is 12.0 Å². The maximum Gasteiger partial charge on any atom is 0.0650 e. The van der Waals surface area contributed by atoms with Crippen LogP contribution in [0.5, 0.6) is 0 Å². The highest BCUT2D eigenvalue weighted by Gasteiger charge is 2.37. The van der Waals surface area contributed by atoms with E-state index >= 15 is 0 Å². The molecule has 0 amide bonds. The van der Waals surface area contributed by atoms with E-state index in [1.165, 1.54) is 5.56 Å². The van der Waals surface area contributed by atoms with Crippen LogP contribution < -0.4 is 16.4 Å². The third-order valence-electron chi connectivity index (χ3n) is 5.62. The summed E-state index contributed by atoms with van der Waals surface area (Å²) in [7, 11) is 1.94. The molecule has 2 heterocycles. The average molecular weight is 398 g/mol. The van der Waals surface area contributed by atoms with Crippen LogP contribution in [0, 0.1) is 5.41 Å². The highest BCUT2D eigenvalue weighted by atomic mass is 15.0. The van der Waals surface area contributed by atoms with Gasteiger partial charge in [0.2, 0.25) is 0 Å². The zero-order chi connectivity index (χ0) is 21.1. The van der Waals surface area contributed by atoms with Gasteiger partial charge in [-0.15, -0.1) is 0 Å². The van der Waals surface area contributed by atoms with Crippen LogP contribution in [0.3, 0.4) is 0 Å². The molecule has 2 aromatic rings. The van der Waals surface area contributed by atoms with E-state index in [1.807, 2.05) is 43.7 Å². The molecule has 5 N–H and O–H groups in total. The zero-order valence-electron chi connectivity index (χ0n) is 17.2. The lowest BCUT2D eigenvalue weighted by Crippen LogP contribution is -2.40. The predicted molar refractivity (Wildman–Crippen MR) is 126 cm³/mol. The standard InChI is InChI=1S/C25H27N5/c1-16(26)20-7-5-8-21-23(20)24(27)22(18-11-9-17(10-12-18)14-28-2)25(30-21)19-6-3-4-13-29-15-19/h4-13,15,22,25,27-28,30H,1,3,14,26H2,2H3. The van der Waals surface area contributed by atoms with Gasteiger partial charge in [0.1, 0.15) is 0 Å². The fourth-order valence-electron chi connectivity index (χ4n) is 4.20. The third kappa shape index (κ3) is 3.72. The molecule has 0 fully saturated rings. The molecule has 2 aromatic carbocycles. The van der Waals surface area contributed by atoms with Crippen LogP contribution in [0.1, 0.15) is 34.6 Å². The fraction of sp³-hybridized carbons (Fsp3) is 0.200. The van der Waals surface area contributed by atoms with E-state index in [4.69, 9.17) is 5.73 Å². The Balaban J connectivity index is 1.83. The number of anilines is 1. The van der Waals surface area contributed by atoms with Crippen LogP contribution >= 0.6 is 0 Å². The van der Waals surface area contributed by atoms with Crippen LogP contribution in [0.4, 0.5) is 5.69 Å². The lowest BCUT2D eigenvalue weighted by Gasteiger charge is -2.37. The van der Waals surface area contributed by atoms with E-state index in [0.29, 0.717) is 11.4 Å². The van der Waals surface area contributed by atoms with Gasteiger partial charge in [-0.05, 0) is 36.2 Å². The molecule has 152 valence electrons. The Kier molecular flexibility index (Phi) is 5.63. The van der Waals surface area contributed by atoms with Crippen LogP contribution in [0.2, 0.25) is 0 Å². The predicted octanol–water partition coefficient (Wildman–Crippen LogP) is 4.20. The number of hydrogen-bond acceptors (Lipinski definition) is 5. The largest absolute Gasteiger partial charge is 0.399 e. The summed E-state index contributed by atoms with van der Waals surface area (Å²) in [5.41, 5.74) is 13.0. The number of nitrogens with one attached hydrogen (secondary N) is 3. The highest BCUT2D eigenvalue weighted by molar-refractivity contribution is 6.13. The molecule has 0 bridgehead atoms. The number of nitrogens with two attached hydrogens (primary N) is 1. The number of fused-ring (bicyclic) bond motifs is 1. The summed E-state index contributed by atoms with van der Waals surface area (Å²) in [6.07, 6.45) is 8.75. The number of aliphatic imine (C=N–C) groups is 1.